The van der Waals surface area contributed by atoms with Gasteiger partial charge in [0.05, 0.1) is 39.8 Å². The third-order valence-electron chi connectivity index (χ3n) is 12.0. The Morgan fingerprint density at radius 3 is 2.18 bits per heavy atom. The van der Waals surface area contributed by atoms with Gasteiger partial charge < -0.3 is 14.5 Å². The maximum absolute atomic E-state index is 3.84. The summed E-state index contributed by atoms with van der Waals surface area (Å²) in [7, 11) is 0. The molecule has 6 aromatic carbocycles. The Bertz CT molecular complexity index is 3050. The zero-order chi connectivity index (χ0) is 37.2. The lowest BCUT2D eigenvalue weighted by atomic mass is 9.89. The molecule has 0 radical (unpaired) electrons. The average Bonchev–Trinajstić information content (AvgIpc) is 3.75. The van der Waals surface area contributed by atoms with E-state index in [4.69, 9.17) is 0 Å². The number of rotatable bonds is 6. The van der Waals surface area contributed by atoms with Crippen LogP contribution in [0.1, 0.15) is 48.1 Å². The number of fused-ring (bicyclic) bond motifs is 8. The molecule has 268 valence electrons. The van der Waals surface area contributed by atoms with E-state index in [0.29, 0.717) is 0 Å². The standard InChI is InChI=1S/C53H41N3/c1-2-15-39(35-26-28-36(29-27-35)40-32-46(37-16-5-3-6-17-37)54-47(33-40)38-18-7-4-8-19-38)34-51-45-22-11-14-25-50(45)55-48-23-12-9-20-41(48)43-30-31-44-42-21-10-13-24-49(42)56(51)53(44)52(43)55/h2-7,9-18,20-34,47,51,54H,8,19H2,1H3/b15-2-,39-34+. The molecule has 8 aromatic rings. The van der Waals surface area contributed by atoms with Crippen molar-refractivity contribution in [3.8, 4) is 5.69 Å². The van der Waals surface area contributed by atoms with Crippen molar-refractivity contribution < 1.29 is 0 Å². The fourth-order valence-corrected chi connectivity index (χ4v) is 9.45. The fraction of sp³-hybridized carbons (Fsp3) is 0.0943. The molecule has 56 heavy (non-hydrogen) atoms. The maximum Gasteiger partial charge on any atom is 0.0806 e. The molecule has 0 bridgehead atoms. The van der Waals surface area contributed by atoms with Crippen molar-refractivity contribution in [2.45, 2.75) is 31.8 Å². The predicted molar refractivity (Wildman–Crippen MR) is 237 cm³/mol. The lowest BCUT2D eigenvalue weighted by Gasteiger charge is -2.28. The van der Waals surface area contributed by atoms with Crippen LogP contribution >= 0.6 is 0 Å². The second-order valence-electron chi connectivity index (χ2n) is 15.2. The average molecular weight is 720 g/mol. The maximum atomic E-state index is 3.84. The zero-order valence-corrected chi connectivity index (χ0v) is 31.4. The molecule has 11 rings (SSSR count). The first-order valence-corrected chi connectivity index (χ1v) is 19.9. The number of dihydropyridines is 1. The van der Waals surface area contributed by atoms with Crippen LogP contribution in [0, 0.1) is 0 Å². The number of aromatic nitrogens is 2. The minimum Gasteiger partial charge on any atom is -0.375 e. The summed E-state index contributed by atoms with van der Waals surface area (Å²) < 4.78 is 5.13. The van der Waals surface area contributed by atoms with Crippen molar-refractivity contribution >= 4 is 60.5 Å². The minimum absolute atomic E-state index is 0.0502. The van der Waals surface area contributed by atoms with Gasteiger partial charge in [-0.3, -0.25) is 0 Å². The van der Waals surface area contributed by atoms with Crippen LogP contribution in [0.2, 0.25) is 0 Å². The molecule has 4 heterocycles. The Kier molecular flexibility index (Phi) is 7.67. The highest BCUT2D eigenvalue weighted by Crippen LogP contribution is 2.47. The Morgan fingerprint density at radius 1 is 0.679 bits per heavy atom. The van der Waals surface area contributed by atoms with E-state index < -0.39 is 0 Å². The van der Waals surface area contributed by atoms with E-state index >= 15 is 0 Å². The SMILES string of the molecule is C/C=C\C(=C/C1c2ccccc2-n2c3ccccc3c3ccc4c5ccccc5n1c4c32)c1ccc(C2=CC(C3=CC=CCC3)NC(c3ccccc3)=C2)cc1. The first-order valence-electron chi connectivity index (χ1n) is 19.9. The van der Waals surface area contributed by atoms with Gasteiger partial charge in [-0.2, -0.15) is 0 Å². The fourth-order valence-electron chi connectivity index (χ4n) is 9.45. The number of hydrogen-bond donors (Lipinski definition) is 1. The molecular weight excluding hydrogens is 679 g/mol. The van der Waals surface area contributed by atoms with Gasteiger partial charge >= 0.3 is 0 Å². The molecule has 3 nitrogen and oxygen atoms in total. The number of hydrogen-bond acceptors (Lipinski definition) is 1. The van der Waals surface area contributed by atoms with Crippen molar-refractivity contribution in [1.82, 2.24) is 14.5 Å². The summed E-state index contributed by atoms with van der Waals surface area (Å²) in [6.45, 7) is 2.12. The number of nitrogens with one attached hydrogen (secondary N) is 1. The number of nitrogens with zero attached hydrogens (tertiary/aromatic N) is 2. The third kappa shape index (κ3) is 5.12. The van der Waals surface area contributed by atoms with Crippen LogP contribution in [0.4, 0.5) is 0 Å². The molecule has 3 heteroatoms. The van der Waals surface area contributed by atoms with Crippen LogP contribution in [-0.2, 0) is 0 Å². The van der Waals surface area contributed by atoms with Crippen molar-refractivity contribution in [1.29, 1.82) is 0 Å². The van der Waals surface area contributed by atoms with Crippen molar-refractivity contribution in [3.63, 3.8) is 0 Å². The first kappa shape index (κ1) is 32.6. The molecule has 2 aromatic heterocycles. The lowest BCUT2D eigenvalue weighted by molar-refractivity contribution is 0.749. The van der Waals surface area contributed by atoms with E-state index in [2.05, 4.69) is 210 Å². The van der Waals surface area contributed by atoms with Crippen LogP contribution in [0.25, 0.3) is 66.1 Å². The summed E-state index contributed by atoms with van der Waals surface area (Å²) >= 11 is 0. The van der Waals surface area contributed by atoms with Crippen LogP contribution in [0.5, 0.6) is 0 Å². The highest BCUT2D eigenvalue weighted by atomic mass is 15.1. The number of para-hydroxylation sites is 3. The van der Waals surface area contributed by atoms with Crippen LogP contribution in [0.15, 0.2) is 194 Å². The molecule has 1 aliphatic carbocycles. The summed E-state index contributed by atoms with van der Waals surface area (Å²) in [5, 5.41) is 8.99. The predicted octanol–water partition coefficient (Wildman–Crippen LogP) is 13.1. The number of allylic oxidation sites excluding steroid dienone is 9. The summed E-state index contributed by atoms with van der Waals surface area (Å²) in [5.74, 6) is 0. The Morgan fingerprint density at radius 2 is 1.39 bits per heavy atom. The van der Waals surface area contributed by atoms with Crippen molar-refractivity contribution in [2.24, 2.45) is 0 Å². The van der Waals surface area contributed by atoms with Crippen LogP contribution < -0.4 is 5.32 Å². The third-order valence-corrected chi connectivity index (χ3v) is 12.0. The topological polar surface area (TPSA) is 21.9 Å². The quantitative estimate of drug-likeness (QED) is 0.170. The second-order valence-corrected chi connectivity index (χ2v) is 15.2. The molecule has 1 N–H and O–H groups in total. The molecule has 0 amide bonds. The Hall–Kier alpha value is -6.84. The van der Waals surface area contributed by atoms with Gasteiger partial charge in [-0.25, -0.2) is 0 Å². The number of benzene rings is 6. The summed E-state index contributed by atoms with van der Waals surface area (Å²) in [4.78, 5) is 0. The highest BCUT2D eigenvalue weighted by Gasteiger charge is 2.29. The van der Waals surface area contributed by atoms with Crippen molar-refractivity contribution in [2.75, 3.05) is 0 Å². The van der Waals surface area contributed by atoms with Crippen molar-refractivity contribution in [3.05, 3.63) is 216 Å². The highest BCUT2D eigenvalue weighted by molar-refractivity contribution is 6.23. The Balaban J connectivity index is 1.08. The van der Waals surface area contributed by atoms with E-state index in [0.717, 1.165) is 18.5 Å². The van der Waals surface area contributed by atoms with E-state index in [-0.39, 0.29) is 12.1 Å². The molecule has 0 spiro atoms. The van der Waals surface area contributed by atoms with Gasteiger partial charge in [0, 0.05) is 32.8 Å². The van der Waals surface area contributed by atoms with Gasteiger partial charge in [0.1, 0.15) is 0 Å². The van der Waals surface area contributed by atoms with E-state index in [1.165, 1.54) is 88.3 Å². The molecule has 0 saturated carbocycles. The van der Waals surface area contributed by atoms with Crippen LogP contribution in [0.3, 0.4) is 0 Å². The Labute approximate surface area is 327 Å². The summed E-state index contributed by atoms with van der Waals surface area (Å²) in [6, 6.07) is 51.5. The zero-order valence-electron chi connectivity index (χ0n) is 31.4. The van der Waals surface area contributed by atoms with Gasteiger partial charge in [0.2, 0.25) is 0 Å². The molecule has 0 saturated heterocycles. The van der Waals surface area contributed by atoms with Gasteiger partial charge in [-0.15, -0.1) is 0 Å². The molecule has 2 atom stereocenters. The molecule has 2 aliphatic heterocycles. The largest absolute Gasteiger partial charge is 0.375 e. The molecule has 2 unspecified atom stereocenters. The van der Waals surface area contributed by atoms with Gasteiger partial charge in [0.15, 0.2) is 0 Å². The van der Waals surface area contributed by atoms with E-state index in [1.807, 2.05) is 0 Å². The van der Waals surface area contributed by atoms with Crippen LogP contribution in [-0.4, -0.2) is 15.2 Å². The van der Waals surface area contributed by atoms with E-state index in [1.54, 1.807) is 0 Å². The molecule has 3 aliphatic rings. The summed E-state index contributed by atoms with van der Waals surface area (Å²) in [6.07, 6.45) is 20.5. The first-order chi connectivity index (χ1) is 27.7. The second kappa shape index (κ2) is 13.2. The molecular formula is C53H41N3. The monoisotopic (exact) mass is 719 g/mol. The van der Waals surface area contributed by atoms with Gasteiger partial charge in [0.25, 0.3) is 0 Å². The van der Waals surface area contributed by atoms with E-state index in [9.17, 15) is 0 Å². The minimum atomic E-state index is -0.0502. The smallest absolute Gasteiger partial charge is 0.0806 e. The van der Waals surface area contributed by atoms with Gasteiger partial charge in [-0.1, -0.05) is 158 Å². The molecule has 0 fully saturated rings. The normalized spacial score (nSPS) is 18.0. The lowest BCUT2D eigenvalue weighted by Crippen LogP contribution is -2.31. The summed E-state index contributed by atoms with van der Waals surface area (Å²) in [5.41, 5.74) is 16.2. The van der Waals surface area contributed by atoms with Gasteiger partial charge in [-0.05, 0) is 83.5 Å².